The zero-order valence-corrected chi connectivity index (χ0v) is 20.5. The lowest BCUT2D eigenvalue weighted by atomic mass is 10.2. The quantitative estimate of drug-likeness (QED) is 0.297. The molecule has 0 atom stereocenters. The average molecular weight is 525 g/mol. The number of benzene rings is 3. The van der Waals surface area contributed by atoms with Crippen LogP contribution in [0.15, 0.2) is 78.9 Å². The second-order valence-corrected chi connectivity index (χ2v) is 8.59. The first-order chi connectivity index (χ1) is 17.4. The van der Waals surface area contributed by atoms with Gasteiger partial charge in [0.1, 0.15) is 18.9 Å². The number of carbonyl (C=O) groups excluding carboxylic acids is 3. The summed E-state index contributed by atoms with van der Waals surface area (Å²) in [5.41, 5.74) is 7.36. The summed E-state index contributed by atoms with van der Waals surface area (Å²) in [6, 6.07) is 24.0. The molecule has 0 aliphatic heterocycles. The fraction of sp³-hybridized carbons (Fsp3) is 0.115. The molecular weight excluding hydrogens is 503 g/mol. The summed E-state index contributed by atoms with van der Waals surface area (Å²) < 4.78 is 7.01. The Balaban J connectivity index is 1.31. The molecule has 0 saturated carbocycles. The summed E-state index contributed by atoms with van der Waals surface area (Å²) in [7, 11) is 0. The number of aromatic nitrogens is 1. The summed E-state index contributed by atoms with van der Waals surface area (Å²) in [5, 5.41) is 3.96. The molecule has 3 aromatic carbocycles. The zero-order chi connectivity index (χ0) is 25.5. The van der Waals surface area contributed by atoms with E-state index in [1.165, 1.54) is 0 Å². The number of halogens is 2. The molecule has 36 heavy (non-hydrogen) atoms. The van der Waals surface area contributed by atoms with Gasteiger partial charge in [-0.1, -0.05) is 77.8 Å². The maximum absolute atomic E-state index is 12.9. The van der Waals surface area contributed by atoms with Crippen LogP contribution in [0.2, 0.25) is 10.0 Å². The second-order valence-electron chi connectivity index (χ2n) is 7.80. The third kappa shape index (κ3) is 6.23. The number of nitrogens with zero attached hydrogens (tertiary/aromatic N) is 1. The van der Waals surface area contributed by atoms with E-state index < -0.39 is 30.9 Å². The molecule has 3 amide bonds. The smallest absolute Gasteiger partial charge is 0.286 e. The fourth-order valence-electron chi connectivity index (χ4n) is 3.58. The Morgan fingerprint density at radius 1 is 0.806 bits per heavy atom. The minimum Gasteiger partial charge on any atom is -0.362 e. The number of hydrazine groups is 1. The minimum atomic E-state index is -0.623. The van der Waals surface area contributed by atoms with Gasteiger partial charge in [-0.25, -0.2) is 0 Å². The maximum atomic E-state index is 12.9. The number of anilines is 1. The van der Waals surface area contributed by atoms with Gasteiger partial charge in [-0.15, -0.1) is 0 Å². The topological polar surface area (TPSA) is 101 Å². The molecule has 1 heterocycles. The molecule has 0 bridgehead atoms. The van der Waals surface area contributed by atoms with Crippen molar-refractivity contribution in [3.05, 3.63) is 100 Å². The number of fused-ring (bicyclic) bond motifs is 1. The number of para-hydroxylation sites is 1. The molecule has 0 spiro atoms. The molecule has 0 aliphatic rings. The monoisotopic (exact) mass is 524 g/mol. The normalized spacial score (nSPS) is 10.7. The Morgan fingerprint density at radius 2 is 1.53 bits per heavy atom. The molecule has 0 radical (unpaired) electrons. The Kier molecular flexibility index (Phi) is 8.22. The van der Waals surface area contributed by atoms with Crippen LogP contribution in [0.25, 0.3) is 10.9 Å². The first-order valence-electron chi connectivity index (χ1n) is 11.0. The summed E-state index contributed by atoms with van der Waals surface area (Å²) in [6.07, 6.45) is 0. The van der Waals surface area contributed by atoms with Crippen LogP contribution in [-0.2, 0) is 20.9 Å². The third-order valence-electron chi connectivity index (χ3n) is 5.23. The van der Waals surface area contributed by atoms with E-state index >= 15 is 0 Å². The summed E-state index contributed by atoms with van der Waals surface area (Å²) in [4.78, 5) is 37.1. The highest BCUT2D eigenvalue weighted by molar-refractivity contribution is 6.44. The van der Waals surface area contributed by atoms with Gasteiger partial charge in [0.25, 0.3) is 11.8 Å². The number of amides is 3. The third-order valence-corrected chi connectivity index (χ3v) is 6.05. The van der Waals surface area contributed by atoms with Gasteiger partial charge in [0.05, 0.1) is 15.7 Å². The molecule has 0 fully saturated rings. The van der Waals surface area contributed by atoms with Crippen molar-refractivity contribution in [1.29, 1.82) is 0 Å². The first-order valence-corrected chi connectivity index (χ1v) is 11.7. The Morgan fingerprint density at radius 3 is 2.33 bits per heavy atom. The van der Waals surface area contributed by atoms with Crippen LogP contribution in [0.1, 0.15) is 16.1 Å². The van der Waals surface area contributed by atoms with Crippen LogP contribution in [0.3, 0.4) is 0 Å². The number of rotatable bonds is 8. The summed E-state index contributed by atoms with van der Waals surface area (Å²) in [5.74, 6) is -1.62. The Bertz CT molecular complexity index is 1410. The molecule has 8 nitrogen and oxygen atoms in total. The van der Waals surface area contributed by atoms with Crippen molar-refractivity contribution in [1.82, 2.24) is 15.4 Å². The molecule has 0 unspecified atom stereocenters. The van der Waals surface area contributed by atoms with E-state index in [0.29, 0.717) is 22.9 Å². The van der Waals surface area contributed by atoms with E-state index in [1.807, 2.05) is 59.2 Å². The van der Waals surface area contributed by atoms with Gasteiger partial charge in [0.15, 0.2) is 0 Å². The molecular formula is C26H22Cl2N4O4. The van der Waals surface area contributed by atoms with Crippen LogP contribution in [0.5, 0.6) is 0 Å². The SMILES string of the molecule is O=C(COCC(=O)Nc1cccc(Cl)c1Cl)NNC(=O)c1cc2ccccc2n1Cc1ccccc1. The first kappa shape index (κ1) is 25.2. The molecule has 184 valence electrons. The second kappa shape index (κ2) is 11.7. The number of ether oxygens (including phenoxy) is 1. The Labute approximate surface area is 217 Å². The van der Waals surface area contributed by atoms with Gasteiger partial charge < -0.3 is 14.6 Å². The molecule has 0 saturated heterocycles. The molecule has 1 aromatic heterocycles. The van der Waals surface area contributed by atoms with E-state index in [2.05, 4.69) is 16.2 Å². The van der Waals surface area contributed by atoms with Gasteiger partial charge in [0.2, 0.25) is 5.91 Å². The van der Waals surface area contributed by atoms with Crippen LogP contribution < -0.4 is 16.2 Å². The number of hydrogen-bond donors (Lipinski definition) is 3. The predicted molar refractivity (Wildman–Crippen MR) is 139 cm³/mol. The van der Waals surface area contributed by atoms with Gasteiger partial charge >= 0.3 is 0 Å². The standard InChI is InChI=1S/C26H22Cl2N4O4/c27-19-10-6-11-20(25(19)28)29-23(33)15-36-16-24(34)30-31-26(35)22-13-18-9-4-5-12-21(18)32(22)14-17-7-2-1-3-8-17/h1-13H,14-16H2,(H,29,33)(H,30,34)(H,31,35). The average Bonchev–Trinajstić information content (AvgIpc) is 3.24. The van der Waals surface area contributed by atoms with Gasteiger partial charge in [-0.05, 0) is 29.8 Å². The van der Waals surface area contributed by atoms with Gasteiger partial charge in [0, 0.05) is 17.4 Å². The lowest BCUT2D eigenvalue weighted by Gasteiger charge is -2.12. The van der Waals surface area contributed by atoms with E-state index in [0.717, 1.165) is 16.5 Å². The molecule has 10 heteroatoms. The van der Waals surface area contributed by atoms with Crippen molar-refractivity contribution in [3.8, 4) is 0 Å². The van der Waals surface area contributed by atoms with Gasteiger partial charge in [-0.2, -0.15) is 0 Å². The lowest BCUT2D eigenvalue weighted by Crippen LogP contribution is -2.44. The predicted octanol–water partition coefficient (Wildman–Crippen LogP) is 4.41. The molecule has 4 aromatic rings. The van der Waals surface area contributed by atoms with Gasteiger partial charge in [-0.3, -0.25) is 25.2 Å². The number of nitrogens with one attached hydrogen (secondary N) is 3. The van der Waals surface area contributed by atoms with E-state index in [1.54, 1.807) is 24.3 Å². The fourth-order valence-corrected chi connectivity index (χ4v) is 3.93. The minimum absolute atomic E-state index is 0.206. The van der Waals surface area contributed by atoms with Crippen LogP contribution in [0.4, 0.5) is 5.69 Å². The highest BCUT2D eigenvalue weighted by Gasteiger charge is 2.17. The van der Waals surface area contributed by atoms with Crippen molar-refractivity contribution in [2.24, 2.45) is 0 Å². The van der Waals surface area contributed by atoms with Crippen molar-refractivity contribution in [3.63, 3.8) is 0 Å². The molecule has 4 rings (SSSR count). The lowest BCUT2D eigenvalue weighted by molar-refractivity contribution is -0.129. The van der Waals surface area contributed by atoms with Crippen molar-refractivity contribution in [2.75, 3.05) is 18.5 Å². The van der Waals surface area contributed by atoms with Crippen LogP contribution >= 0.6 is 23.2 Å². The van der Waals surface area contributed by atoms with Crippen molar-refractivity contribution in [2.45, 2.75) is 6.54 Å². The number of hydrogen-bond acceptors (Lipinski definition) is 4. The maximum Gasteiger partial charge on any atom is 0.286 e. The molecule has 0 aliphatic carbocycles. The summed E-state index contributed by atoms with van der Waals surface area (Å²) >= 11 is 11.9. The Hall–Kier alpha value is -3.85. The number of carbonyl (C=O) groups is 3. The highest BCUT2D eigenvalue weighted by atomic mass is 35.5. The van der Waals surface area contributed by atoms with E-state index in [9.17, 15) is 14.4 Å². The summed E-state index contributed by atoms with van der Waals surface area (Å²) in [6.45, 7) is -0.348. The van der Waals surface area contributed by atoms with Crippen molar-refractivity contribution >= 4 is 57.5 Å². The molecule has 3 N–H and O–H groups in total. The van der Waals surface area contributed by atoms with E-state index in [-0.39, 0.29) is 5.02 Å². The van der Waals surface area contributed by atoms with E-state index in [4.69, 9.17) is 27.9 Å². The largest absolute Gasteiger partial charge is 0.362 e. The van der Waals surface area contributed by atoms with Crippen LogP contribution in [0, 0.1) is 0 Å². The zero-order valence-electron chi connectivity index (χ0n) is 19.0. The highest BCUT2D eigenvalue weighted by Crippen LogP contribution is 2.29. The van der Waals surface area contributed by atoms with Crippen molar-refractivity contribution < 1.29 is 19.1 Å². The van der Waals surface area contributed by atoms with Crippen LogP contribution in [-0.4, -0.2) is 35.5 Å².